The second-order valence-electron chi connectivity index (χ2n) is 9.71. The predicted molar refractivity (Wildman–Crippen MR) is 122 cm³/mol. The summed E-state index contributed by atoms with van der Waals surface area (Å²) in [7, 11) is 1.66. The Labute approximate surface area is 189 Å². The monoisotopic (exact) mass is 442 g/mol. The molecule has 0 aromatic carbocycles. The van der Waals surface area contributed by atoms with Crippen LogP contribution in [0.2, 0.25) is 0 Å². The third-order valence-electron chi connectivity index (χ3n) is 6.63. The third kappa shape index (κ3) is 4.57. The van der Waals surface area contributed by atoms with E-state index in [0.29, 0.717) is 31.5 Å². The Morgan fingerprint density at radius 3 is 2.72 bits per heavy atom. The number of rotatable bonds is 8. The van der Waals surface area contributed by atoms with Crippen LogP contribution in [0.4, 0.5) is 11.8 Å². The van der Waals surface area contributed by atoms with Crippen LogP contribution in [0.3, 0.4) is 0 Å². The van der Waals surface area contributed by atoms with Crippen molar-refractivity contribution < 1.29 is 14.3 Å². The number of hydrogen-bond acceptors (Lipinski definition) is 7. The Morgan fingerprint density at radius 1 is 1.25 bits per heavy atom. The van der Waals surface area contributed by atoms with E-state index in [1.807, 2.05) is 4.90 Å². The molecule has 0 radical (unpaired) electrons. The normalized spacial score (nSPS) is 19.6. The smallest absolute Gasteiger partial charge is 0.245 e. The average Bonchev–Trinajstić information content (AvgIpc) is 3.38. The van der Waals surface area contributed by atoms with Gasteiger partial charge in [-0.15, -0.1) is 0 Å². The van der Waals surface area contributed by atoms with Gasteiger partial charge in [-0.3, -0.25) is 9.59 Å². The van der Waals surface area contributed by atoms with Gasteiger partial charge in [-0.25, -0.2) is 4.98 Å². The van der Waals surface area contributed by atoms with Crippen molar-refractivity contribution in [3.8, 4) is 0 Å². The number of nitrogens with one attached hydrogen (secondary N) is 2. The standard InChI is InChI=1S/C23H34N6O3/c1-5-20(31)29-13-23(14-29)6-7-28(12-23)22-26-18-11-32-10-17(18)21(27-22)25-16(8-15(2)3)9-19(30)24-4/h5,15-16H,1,6-14H2,2-4H3,(H,24,30)(H,25,26,27). The molecule has 2 amide bonds. The Hall–Kier alpha value is -2.68. The van der Waals surface area contributed by atoms with Gasteiger partial charge in [0, 0.05) is 56.7 Å². The number of likely N-dealkylation sites (tertiary alicyclic amines) is 1. The zero-order valence-corrected chi connectivity index (χ0v) is 19.3. The van der Waals surface area contributed by atoms with Gasteiger partial charge in [0.1, 0.15) is 5.82 Å². The molecular weight excluding hydrogens is 408 g/mol. The predicted octanol–water partition coefficient (Wildman–Crippen LogP) is 1.69. The lowest BCUT2D eigenvalue weighted by Crippen LogP contribution is -2.59. The van der Waals surface area contributed by atoms with Crippen molar-refractivity contribution in [1.82, 2.24) is 20.2 Å². The van der Waals surface area contributed by atoms with Crippen molar-refractivity contribution >= 4 is 23.6 Å². The molecule has 0 bridgehead atoms. The van der Waals surface area contributed by atoms with Gasteiger partial charge in [-0.1, -0.05) is 20.4 Å². The van der Waals surface area contributed by atoms with E-state index in [0.717, 1.165) is 56.1 Å². The summed E-state index contributed by atoms with van der Waals surface area (Å²) in [6, 6.07) is -0.0163. The van der Waals surface area contributed by atoms with Gasteiger partial charge in [0.2, 0.25) is 17.8 Å². The van der Waals surface area contributed by atoms with E-state index in [2.05, 4.69) is 36.0 Å². The minimum Gasteiger partial charge on any atom is -0.370 e. The summed E-state index contributed by atoms with van der Waals surface area (Å²) in [5, 5.41) is 6.26. The van der Waals surface area contributed by atoms with E-state index >= 15 is 0 Å². The Balaban J connectivity index is 1.51. The fourth-order valence-electron chi connectivity index (χ4n) is 4.99. The highest BCUT2D eigenvalue weighted by Gasteiger charge is 2.49. The molecule has 2 fully saturated rings. The number of aromatic nitrogens is 2. The van der Waals surface area contributed by atoms with Gasteiger partial charge in [-0.2, -0.15) is 4.98 Å². The minimum atomic E-state index is -0.0163. The lowest BCUT2D eigenvalue weighted by Gasteiger charge is -2.47. The van der Waals surface area contributed by atoms with Crippen molar-refractivity contribution in [3.05, 3.63) is 23.9 Å². The summed E-state index contributed by atoms with van der Waals surface area (Å²) in [4.78, 5) is 37.7. The summed E-state index contributed by atoms with van der Waals surface area (Å²) in [6.45, 7) is 12.1. The largest absolute Gasteiger partial charge is 0.370 e. The van der Waals surface area contributed by atoms with Gasteiger partial charge in [0.15, 0.2) is 0 Å². The molecule has 1 atom stereocenters. The van der Waals surface area contributed by atoms with E-state index in [4.69, 9.17) is 14.7 Å². The van der Waals surface area contributed by atoms with Crippen molar-refractivity contribution in [3.63, 3.8) is 0 Å². The number of carbonyl (C=O) groups excluding carboxylic acids is 2. The van der Waals surface area contributed by atoms with Crippen LogP contribution in [0.1, 0.15) is 44.4 Å². The first kappa shape index (κ1) is 22.5. The molecule has 2 N–H and O–H groups in total. The summed E-state index contributed by atoms with van der Waals surface area (Å²) in [5.74, 6) is 1.93. The van der Waals surface area contributed by atoms with Crippen LogP contribution in [0.15, 0.2) is 12.7 Å². The molecule has 9 nitrogen and oxygen atoms in total. The zero-order chi connectivity index (χ0) is 22.9. The molecule has 4 rings (SSSR count). The van der Waals surface area contributed by atoms with Crippen LogP contribution in [0, 0.1) is 11.3 Å². The number of nitrogens with zero attached hydrogens (tertiary/aromatic N) is 4. The molecule has 3 aliphatic heterocycles. The lowest BCUT2D eigenvalue weighted by atomic mass is 9.79. The molecule has 0 aliphatic carbocycles. The zero-order valence-electron chi connectivity index (χ0n) is 19.3. The second kappa shape index (κ2) is 9.05. The van der Waals surface area contributed by atoms with Crippen molar-refractivity contribution in [2.75, 3.05) is 43.4 Å². The first-order chi connectivity index (χ1) is 15.3. The molecule has 2 saturated heterocycles. The van der Waals surface area contributed by atoms with E-state index in [-0.39, 0.29) is 23.3 Å². The van der Waals surface area contributed by atoms with Crippen molar-refractivity contribution in [2.45, 2.75) is 52.4 Å². The molecule has 1 unspecified atom stereocenters. The van der Waals surface area contributed by atoms with Crippen LogP contribution in [0.25, 0.3) is 0 Å². The number of ether oxygens (including phenoxy) is 1. The Kier molecular flexibility index (Phi) is 6.37. The molecular formula is C23H34N6O3. The minimum absolute atomic E-state index is 0.00111. The number of amides is 2. The van der Waals surface area contributed by atoms with Gasteiger partial charge in [0.05, 0.1) is 18.9 Å². The Morgan fingerprint density at radius 2 is 2.03 bits per heavy atom. The van der Waals surface area contributed by atoms with Crippen LogP contribution in [-0.4, -0.2) is 66.0 Å². The highest BCUT2D eigenvalue weighted by Crippen LogP contribution is 2.41. The summed E-state index contributed by atoms with van der Waals surface area (Å²) in [5.41, 5.74) is 2.02. The molecule has 4 heterocycles. The summed E-state index contributed by atoms with van der Waals surface area (Å²) >= 11 is 0. The maximum absolute atomic E-state index is 12.1. The van der Waals surface area contributed by atoms with Crippen LogP contribution >= 0.6 is 0 Å². The number of hydrogen-bond donors (Lipinski definition) is 2. The van der Waals surface area contributed by atoms with Gasteiger partial charge in [0.25, 0.3) is 0 Å². The average molecular weight is 443 g/mol. The quantitative estimate of drug-likeness (QED) is 0.591. The number of fused-ring (bicyclic) bond motifs is 1. The first-order valence-corrected chi connectivity index (χ1v) is 11.4. The van der Waals surface area contributed by atoms with Crippen molar-refractivity contribution in [1.29, 1.82) is 0 Å². The molecule has 32 heavy (non-hydrogen) atoms. The van der Waals surface area contributed by atoms with E-state index < -0.39 is 0 Å². The molecule has 0 saturated carbocycles. The molecule has 9 heteroatoms. The number of anilines is 2. The highest BCUT2D eigenvalue weighted by molar-refractivity contribution is 5.87. The summed E-state index contributed by atoms with van der Waals surface area (Å²) in [6.07, 6.45) is 3.65. The van der Waals surface area contributed by atoms with Crippen LogP contribution in [-0.2, 0) is 27.5 Å². The van der Waals surface area contributed by atoms with Crippen LogP contribution in [0.5, 0.6) is 0 Å². The lowest BCUT2D eigenvalue weighted by molar-refractivity contribution is -0.136. The maximum Gasteiger partial charge on any atom is 0.245 e. The van der Waals surface area contributed by atoms with Gasteiger partial charge >= 0.3 is 0 Å². The topological polar surface area (TPSA) is 99.7 Å². The van der Waals surface area contributed by atoms with Crippen LogP contribution < -0.4 is 15.5 Å². The van der Waals surface area contributed by atoms with Gasteiger partial charge < -0.3 is 25.2 Å². The highest BCUT2D eigenvalue weighted by atomic mass is 16.5. The molecule has 3 aliphatic rings. The fourth-order valence-corrected chi connectivity index (χ4v) is 4.99. The van der Waals surface area contributed by atoms with Crippen molar-refractivity contribution in [2.24, 2.45) is 11.3 Å². The fraction of sp³-hybridized carbons (Fsp3) is 0.652. The maximum atomic E-state index is 12.1. The third-order valence-corrected chi connectivity index (χ3v) is 6.63. The molecule has 1 spiro atoms. The molecule has 1 aromatic rings. The first-order valence-electron chi connectivity index (χ1n) is 11.4. The molecule has 174 valence electrons. The van der Waals surface area contributed by atoms with E-state index in [9.17, 15) is 9.59 Å². The van der Waals surface area contributed by atoms with E-state index in [1.54, 1.807) is 7.05 Å². The second-order valence-corrected chi connectivity index (χ2v) is 9.71. The van der Waals surface area contributed by atoms with Gasteiger partial charge in [-0.05, 0) is 24.8 Å². The number of carbonyl (C=O) groups is 2. The summed E-state index contributed by atoms with van der Waals surface area (Å²) < 4.78 is 5.67. The van der Waals surface area contributed by atoms with E-state index in [1.165, 1.54) is 6.08 Å². The molecule has 1 aromatic heterocycles. The SMILES string of the molecule is C=CC(=O)N1CC2(CCN(c3nc4c(c(NC(CC(=O)NC)CC(C)C)n3)COC4)C2)C1. The Bertz CT molecular complexity index is 896.